The van der Waals surface area contributed by atoms with E-state index in [9.17, 15) is 4.79 Å². The van der Waals surface area contributed by atoms with Crippen molar-refractivity contribution < 1.29 is 9.22 Å². The van der Waals surface area contributed by atoms with Gasteiger partial charge < -0.3 is 9.74 Å². The molecule has 1 amide bonds. The smallest absolute Gasteiger partial charge is 0.226 e. The first-order chi connectivity index (χ1) is 11.3. The normalized spacial score (nSPS) is 16.4. The maximum absolute atomic E-state index is 12.0. The van der Waals surface area contributed by atoms with E-state index in [1.54, 1.807) is 6.20 Å². The third kappa shape index (κ3) is 9.62. The van der Waals surface area contributed by atoms with Crippen LogP contribution in [-0.2, 0) is 9.22 Å². The van der Waals surface area contributed by atoms with Gasteiger partial charge in [0.2, 0.25) is 5.91 Å². The molecule has 146 valence electrons. The molecule has 0 saturated carbocycles. The van der Waals surface area contributed by atoms with E-state index in [4.69, 9.17) is 16.0 Å². The van der Waals surface area contributed by atoms with Gasteiger partial charge in [-0.2, -0.15) is 0 Å². The number of carbonyl (C=O) groups excluding carboxylic acids is 1. The molecule has 0 radical (unpaired) electrons. The van der Waals surface area contributed by atoms with Crippen LogP contribution in [0.15, 0.2) is 23.4 Å². The van der Waals surface area contributed by atoms with Crippen molar-refractivity contribution in [1.82, 2.24) is 5.32 Å². The third-order valence-electron chi connectivity index (χ3n) is 5.09. The lowest BCUT2D eigenvalue weighted by Crippen LogP contribution is -2.43. The molecule has 0 saturated heterocycles. The SMILES string of the molecule is C/C(Cl)=C\C[C@@H](C/C=C\NC(=O)[C@@H](C)C(C)C)O[Si](C)(C)C(C)(C)C. The van der Waals surface area contributed by atoms with Gasteiger partial charge in [0.25, 0.3) is 0 Å². The van der Waals surface area contributed by atoms with E-state index >= 15 is 0 Å². The Morgan fingerprint density at radius 3 is 2.20 bits per heavy atom. The van der Waals surface area contributed by atoms with Crippen molar-refractivity contribution in [2.24, 2.45) is 11.8 Å². The van der Waals surface area contributed by atoms with Crippen molar-refractivity contribution in [3.8, 4) is 0 Å². The van der Waals surface area contributed by atoms with Crippen molar-refractivity contribution in [3.63, 3.8) is 0 Å². The number of rotatable bonds is 9. The summed E-state index contributed by atoms with van der Waals surface area (Å²) < 4.78 is 6.52. The first-order valence-corrected chi connectivity index (χ1v) is 12.5. The van der Waals surface area contributed by atoms with Gasteiger partial charge in [0.05, 0.1) is 6.10 Å². The van der Waals surface area contributed by atoms with Gasteiger partial charge in [0.15, 0.2) is 8.32 Å². The predicted octanol–water partition coefficient (Wildman–Crippen LogP) is 6.22. The first-order valence-electron chi connectivity index (χ1n) is 9.23. The Morgan fingerprint density at radius 1 is 1.20 bits per heavy atom. The number of hydrogen-bond acceptors (Lipinski definition) is 2. The maximum atomic E-state index is 12.0. The van der Waals surface area contributed by atoms with Crippen LogP contribution < -0.4 is 5.32 Å². The zero-order valence-corrected chi connectivity index (χ0v) is 19.3. The highest BCUT2D eigenvalue weighted by Gasteiger charge is 2.38. The van der Waals surface area contributed by atoms with Gasteiger partial charge in [-0.3, -0.25) is 4.79 Å². The molecule has 25 heavy (non-hydrogen) atoms. The van der Waals surface area contributed by atoms with Gasteiger partial charge in [-0.25, -0.2) is 0 Å². The van der Waals surface area contributed by atoms with Crippen LogP contribution in [-0.4, -0.2) is 20.3 Å². The standard InChI is InChI=1S/C20H38ClNO2Si/c1-15(2)17(4)19(23)22-14-10-11-18(13-12-16(3)21)24-25(8,9)20(5,6)7/h10,12,14-15,17-18H,11,13H2,1-9H3,(H,22,23)/b14-10-,16-12+/t17-,18+/m0/s1. The number of halogens is 1. The van der Waals surface area contributed by atoms with Crippen LogP contribution in [0.3, 0.4) is 0 Å². The average Bonchev–Trinajstić information content (AvgIpc) is 2.46. The monoisotopic (exact) mass is 387 g/mol. The molecule has 0 heterocycles. The van der Waals surface area contributed by atoms with Crippen LogP contribution in [0.1, 0.15) is 61.3 Å². The topological polar surface area (TPSA) is 38.3 Å². The van der Waals surface area contributed by atoms with E-state index in [0.717, 1.165) is 17.9 Å². The van der Waals surface area contributed by atoms with Crippen molar-refractivity contribution in [2.75, 3.05) is 0 Å². The molecule has 0 aromatic rings. The highest BCUT2D eigenvalue weighted by molar-refractivity contribution is 6.74. The molecule has 0 aliphatic rings. The van der Waals surface area contributed by atoms with E-state index in [1.165, 1.54) is 0 Å². The van der Waals surface area contributed by atoms with Crippen LogP contribution in [0.2, 0.25) is 18.1 Å². The summed E-state index contributed by atoms with van der Waals surface area (Å²) in [6.45, 7) is 19.2. The number of hydrogen-bond donors (Lipinski definition) is 1. The Bertz CT molecular complexity index is 475. The second-order valence-corrected chi connectivity index (χ2v) is 14.1. The van der Waals surface area contributed by atoms with Crippen LogP contribution in [0.25, 0.3) is 0 Å². The third-order valence-corrected chi connectivity index (χ3v) is 9.77. The molecule has 0 aromatic carbocycles. The molecule has 1 N–H and O–H groups in total. The minimum absolute atomic E-state index is 0.00533. The van der Waals surface area contributed by atoms with Crippen LogP contribution in [0, 0.1) is 11.8 Å². The van der Waals surface area contributed by atoms with Gasteiger partial charge in [0.1, 0.15) is 0 Å². The Kier molecular flexibility index (Phi) is 10.3. The summed E-state index contributed by atoms with van der Waals surface area (Å²) in [5, 5.41) is 3.82. The highest BCUT2D eigenvalue weighted by atomic mass is 35.5. The van der Waals surface area contributed by atoms with E-state index in [0.29, 0.717) is 5.92 Å². The lowest BCUT2D eigenvalue weighted by molar-refractivity contribution is -0.124. The largest absolute Gasteiger partial charge is 0.413 e. The van der Waals surface area contributed by atoms with Crippen molar-refractivity contribution >= 4 is 25.8 Å². The summed E-state index contributed by atoms with van der Waals surface area (Å²) in [6.07, 6.45) is 7.35. The van der Waals surface area contributed by atoms with E-state index in [2.05, 4.69) is 53.0 Å². The summed E-state index contributed by atoms with van der Waals surface area (Å²) in [7, 11) is -1.85. The Labute approximate surface area is 161 Å². The molecular formula is C20H38ClNO2Si. The molecule has 0 fully saturated rings. The van der Waals surface area contributed by atoms with Crippen molar-refractivity contribution in [3.05, 3.63) is 23.4 Å². The molecule has 2 atom stereocenters. The Hall–Kier alpha value is -0.583. The molecule has 5 heteroatoms. The quantitative estimate of drug-likeness (QED) is 0.476. The molecule has 0 aromatic heterocycles. The molecule has 0 aliphatic carbocycles. The van der Waals surface area contributed by atoms with Crippen LogP contribution in [0.5, 0.6) is 0 Å². The fourth-order valence-electron chi connectivity index (χ4n) is 1.87. The fraction of sp³-hybridized carbons (Fsp3) is 0.750. The van der Waals surface area contributed by atoms with Crippen LogP contribution >= 0.6 is 11.6 Å². The number of allylic oxidation sites excluding steroid dienone is 1. The highest BCUT2D eigenvalue weighted by Crippen LogP contribution is 2.38. The fourth-order valence-corrected chi connectivity index (χ4v) is 3.34. The molecule has 0 spiro atoms. The first kappa shape index (κ1) is 24.4. The summed E-state index contributed by atoms with van der Waals surface area (Å²) >= 11 is 5.99. The molecular weight excluding hydrogens is 350 g/mol. The zero-order valence-electron chi connectivity index (χ0n) is 17.6. The van der Waals surface area contributed by atoms with Gasteiger partial charge >= 0.3 is 0 Å². The van der Waals surface area contributed by atoms with Gasteiger partial charge in [-0.1, -0.05) is 65.3 Å². The second-order valence-electron chi connectivity index (χ2n) is 8.71. The molecule has 3 nitrogen and oxygen atoms in total. The molecule has 0 bridgehead atoms. The van der Waals surface area contributed by atoms with E-state index in [1.807, 2.05) is 26.0 Å². The number of nitrogens with one attached hydrogen (secondary N) is 1. The minimum Gasteiger partial charge on any atom is -0.413 e. The number of amides is 1. The maximum Gasteiger partial charge on any atom is 0.226 e. The summed E-state index contributed by atoms with van der Waals surface area (Å²) in [4.78, 5) is 12.0. The lowest BCUT2D eigenvalue weighted by atomic mass is 9.97. The van der Waals surface area contributed by atoms with Gasteiger partial charge in [0, 0.05) is 11.0 Å². The molecule has 0 rings (SSSR count). The Morgan fingerprint density at radius 2 is 1.76 bits per heavy atom. The van der Waals surface area contributed by atoms with Crippen molar-refractivity contribution in [1.29, 1.82) is 0 Å². The molecule has 0 unspecified atom stereocenters. The molecule has 0 aliphatic heterocycles. The minimum atomic E-state index is -1.85. The van der Waals surface area contributed by atoms with E-state index < -0.39 is 8.32 Å². The van der Waals surface area contributed by atoms with Gasteiger partial charge in [-0.15, -0.1) is 0 Å². The summed E-state index contributed by atoms with van der Waals surface area (Å²) in [6, 6.07) is 0. The summed E-state index contributed by atoms with van der Waals surface area (Å²) in [5.74, 6) is 0.398. The second kappa shape index (κ2) is 10.5. The lowest BCUT2D eigenvalue weighted by Gasteiger charge is -2.39. The zero-order chi connectivity index (χ0) is 19.8. The number of carbonyl (C=O) groups is 1. The average molecular weight is 388 g/mol. The van der Waals surface area contributed by atoms with Gasteiger partial charge in [-0.05, 0) is 50.0 Å². The van der Waals surface area contributed by atoms with Crippen LogP contribution in [0.4, 0.5) is 0 Å². The van der Waals surface area contributed by atoms with Crippen molar-refractivity contribution in [2.45, 2.75) is 85.5 Å². The predicted molar refractivity (Wildman–Crippen MR) is 112 cm³/mol. The summed E-state index contributed by atoms with van der Waals surface area (Å²) in [5.41, 5.74) is 0. The van der Waals surface area contributed by atoms with E-state index in [-0.39, 0.29) is 23.0 Å². The Balaban J connectivity index is 4.83.